The smallest absolute Gasteiger partial charge is 0.224 e. The molecular formula is C9H13NO. The second-order valence-electron chi connectivity index (χ2n) is 2.74. The third-order valence-electron chi connectivity index (χ3n) is 1.79. The first-order valence-corrected chi connectivity index (χ1v) is 3.86. The molecule has 2 nitrogen and oxygen atoms in total. The van der Waals surface area contributed by atoms with E-state index >= 15 is 0 Å². The molecule has 1 N–H and O–H groups in total. The standard InChI is InChI=1S/C9H13NO/c1-3-4-8-7(2)5-6-9(11)10-8/h3-4H,5-6H2,1-2H3,(H,10,11)/b4-3-. The summed E-state index contributed by atoms with van der Waals surface area (Å²) in [7, 11) is 0. The number of carbonyl (C=O) groups excluding carboxylic acids is 1. The van der Waals surface area contributed by atoms with Crippen molar-refractivity contribution in [2.75, 3.05) is 0 Å². The number of carbonyl (C=O) groups is 1. The number of allylic oxidation sites excluding steroid dienone is 3. The summed E-state index contributed by atoms with van der Waals surface area (Å²) in [5.41, 5.74) is 2.24. The zero-order chi connectivity index (χ0) is 8.27. The molecule has 0 bridgehead atoms. The van der Waals surface area contributed by atoms with E-state index in [1.165, 1.54) is 5.57 Å². The van der Waals surface area contributed by atoms with Crippen LogP contribution in [0.15, 0.2) is 23.4 Å². The Bertz CT molecular complexity index is 226. The topological polar surface area (TPSA) is 29.1 Å². The minimum atomic E-state index is 0.128. The SMILES string of the molecule is C/C=C\C1=C(C)CCC(=O)N1. The summed E-state index contributed by atoms with van der Waals surface area (Å²) in [6.45, 7) is 4.00. The fourth-order valence-electron chi connectivity index (χ4n) is 1.11. The Hall–Kier alpha value is -1.05. The van der Waals surface area contributed by atoms with Gasteiger partial charge < -0.3 is 5.32 Å². The normalized spacial score (nSPS) is 19.3. The lowest BCUT2D eigenvalue weighted by atomic mass is 10.1. The maximum Gasteiger partial charge on any atom is 0.224 e. The summed E-state index contributed by atoms with van der Waals surface area (Å²) >= 11 is 0. The Labute approximate surface area is 67.0 Å². The molecular weight excluding hydrogens is 138 g/mol. The first-order valence-electron chi connectivity index (χ1n) is 3.86. The molecule has 1 amide bonds. The Kier molecular flexibility index (Phi) is 2.47. The highest BCUT2D eigenvalue weighted by atomic mass is 16.1. The summed E-state index contributed by atoms with van der Waals surface area (Å²) in [6.07, 6.45) is 5.40. The molecule has 0 aliphatic carbocycles. The molecule has 2 heteroatoms. The molecule has 0 aromatic carbocycles. The first kappa shape index (κ1) is 8.05. The van der Waals surface area contributed by atoms with Crippen LogP contribution in [0.2, 0.25) is 0 Å². The van der Waals surface area contributed by atoms with E-state index in [9.17, 15) is 4.79 Å². The van der Waals surface area contributed by atoms with E-state index in [1.54, 1.807) is 0 Å². The van der Waals surface area contributed by atoms with Gasteiger partial charge >= 0.3 is 0 Å². The lowest BCUT2D eigenvalue weighted by molar-refractivity contribution is -0.120. The van der Waals surface area contributed by atoms with E-state index in [-0.39, 0.29) is 5.91 Å². The molecule has 0 fully saturated rings. The third-order valence-corrected chi connectivity index (χ3v) is 1.79. The fourth-order valence-corrected chi connectivity index (χ4v) is 1.11. The van der Waals surface area contributed by atoms with Gasteiger partial charge in [0.1, 0.15) is 0 Å². The van der Waals surface area contributed by atoms with Gasteiger partial charge in [-0.3, -0.25) is 4.79 Å². The molecule has 0 radical (unpaired) electrons. The quantitative estimate of drug-likeness (QED) is 0.607. The zero-order valence-corrected chi connectivity index (χ0v) is 6.98. The van der Waals surface area contributed by atoms with Crippen molar-refractivity contribution in [3.63, 3.8) is 0 Å². The van der Waals surface area contributed by atoms with Crippen LogP contribution in [0.1, 0.15) is 26.7 Å². The minimum Gasteiger partial charge on any atom is -0.326 e. The van der Waals surface area contributed by atoms with Crippen LogP contribution in [0.25, 0.3) is 0 Å². The molecule has 60 valence electrons. The summed E-state index contributed by atoms with van der Waals surface area (Å²) in [5, 5.41) is 2.82. The number of rotatable bonds is 1. The van der Waals surface area contributed by atoms with Crippen molar-refractivity contribution in [3.05, 3.63) is 23.4 Å². The lowest BCUT2D eigenvalue weighted by Crippen LogP contribution is -2.26. The molecule has 1 aliphatic rings. The van der Waals surface area contributed by atoms with Gasteiger partial charge in [0.15, 0.2) is 0 Å². The zero-order valence-electron chi connectivity index (χ0n) is 6.98. The fraction of sp³-hybridized carbons (Fsp3) is 0.444. The largest absolute Gasteiger partial charge is 0.326 e. The van der Waals surface area contributed by atoms with Crippen molar-refractivity contribution in [3.8, 4) is 0 Å². The van der Waals surface area contributed by atoms with E-state index in [2.05, 4.69) is 12.2 Å². The van der Waals surface area contributed by atoms with E-state index in [0.29, 0.717) is 6.42 Å². The molecule has 0 aromatic heterocycles. The molecule has 0 saturated carbocycles. The average Bonchev–Trinajstić information content (AvgIpc) is 1.98. The Balaban J connectivity index is 2.79. The summed E-state index contributed by atoms with van der Waals surface area (Å²) in [4.78, 5) is 10.9. The number of hydrogen-bond acceptors (Lipinski definition) is 1. The van der Waals surface area contributed by atoms with Crippen molar-refractivity contribution >= 4 is 5.91 Å². The van der Waals surface area contributed by atoms with Crippen molar-refractivity contribution < 1.29 is 4.79 Å². The van der Waals surface area contributed by atoms with Gasteiger partial charge in [-0.05, 0) is 31.9 Å². The molecule has 0 aromatic rings. The molecule has 0 spiro atoms. The van der Waals surface area contributed by atoms with Gasteiger partial charge in [0.25, 0.3) is 0 Å². The van der Waals surface area contributed by atoms with Gasteiger partial charge in [-0.2, -0.15) is 0 Å². The van der Waals surface area contributed by atoms with E-state index in [1.807, 2.05) is 19.1 Å². The molecule has 1 aliphatic heterocycles. The second kappa shape index (κ2) is 3.37. The van der Waals surface area contributed by atoms with Crippen LogP contribution in [0, 0.1) is 0 Å². The summed E-state index contributed by atoms with van der Waals surface area (Å²) in [6, 6.07) is 0. The minimum absolute atomic E-state index is 0.128. The van der Waals surface area contributed by atoms with Crippen molar-refractivity contribution in [1.29, 1.82) is 0 Å². The second-order valence-corrected chi connectivity index (χ2v) is 2.74. The molecule has 1 heterocycles. The summed E-state index contributed by atoms with van der Waals surface area (Å²) < 4.78 is 0. The predicted molar refractivity (Wildman–Crippen MR) is 44.9 cm³/mol. The van der Waals surface area contributed by atoms with Gasteiger partial charge in [-0.25, -0.2) is 0 Å². The maximum atomic E-state index is 10.9. The molecule has 0 saturated heterocycles. The van der Waals surface area contributed by atoms with Gasteiger partial charge in [0.2, 0.25) is 5.91 Å². The van der Waals surface area contributed by atoms with Crippen LogP contribution < -0.4 is 5.32 Å². The van der Waals surface area contributed by atoms with Crippen LogP contribution in [0.3, 0.4) is 0 Å². The Morgan fingerprint density at radius 2 is 2.18 bits per heavy atom. The average molecular weight is 151 g/mol. The molecule has 0 unspecified atom stereocenters. The van der Waals surface area contributed by atoms with Crippen LogP contribution in [0.5, 0.6) is 0 Å². The molecule has 1 rings (SSSR count). The van der Waals surface area contributed by atoms with Crippen LogP contribution >= 0.6 is 0 Å². The first-order chi connectivity index (χ1) is 5.24. The van der Waals surface area contributed by atoms with Crippen molar-refractivity contribution in [2.24, 2.45) is 0 Å². The molecule has 0 atom stereocenters. The summed E-state index contributed by atoms with van der Waals surface area (Å²) in [5.74, 6) is 0.128. The van der Waals surface area contributed by atoms with E-state index < -0.39 is 0 Å². The number of nitrogens with one attached hydrogen (secondary N) is 1. The van der Waals surface area contributed by atoms with Crippen molar-refractivity contribution in [1.82, 2.24) is 5.32 Å². The van der Waals surface area contributed by atoms with E-state index in [4.69, 9.17) is 0 Å². The third kappa shape index (κ3) is 1.93. The van der Waals surface area contributed by atoms with Crippen molar-refractivity contribution in [2.45, 2.75) is 26.7 Å². The predicted octanol–water partition coefficient (Wildman–Crippen LogP) is 1.75. The van der Waals surface area contributed by atoms with Gasteiger partial charge in [0.05, 0.1) is 0 Å². The Morgan fingerprint density at radius 3 is 2.82 bits per heavy atom. The van der Waals surface area contributed by atoms with Gasteiger partial charge in [0, 0.05) is 12.1 Å². The Morgan fingerprint density at radius 1 is 1.45 bits per heavy atom. The van der Waals surface area contributed by atoms with Crippen LogP contribution in [-0.4, -0.2) is 5.91 Å². The highest BCUT2D eigenvalue weighted by Gasteiger charge is 2.11. The van der Waals surface area contributed by atoms with Gasteiger partial charge in [-0.1, -0.05) is 6.08 Å². The molecule has 11 heavy (non-hydrogen) atoms. The number of amides is 1. The monoisotopic (exact) mass is 151 g/mol. The van der Waals surface area contributed by atoms with Gasteiger partial charge in [-0.15, -0.1) is 0 Å². The van der Waals surface area contributed by atoms with E-state index in [0.717, 1.165) is 12.1 Å². The highest BCUT2D eigenvalue weighted by molar-refractivity contribution is 5.80. The lowest BCUT2D eigenvalue weighted by Gasteiger charge is -2.15. The number of hydrogen-bond donors (Lipinski definition) is 1. The highest BCUT2D eigenvalue weighted by Crippen LogP contribution is 2.14. The van der Waals surface area contributed by atoms with Crippen LogP contribution in [0.4, 0.5) is 0 Å². The van der Waals surface area contributed by atoms with Crippen LogP contribution in [-0.2, 0) is 4.79 Å². The maximum absolute atomic E-state index is 10.9.